The third kappa shape index (κ3) is 2.26. The predicted molar refractivity (Wildman–Crippen MR) is 42.6 cm³/mol. The Morgan fingerprint density at radius 2 is 2.21 bits per heavy atom. The molecule has 1 aromatic rings. The number of hydrogen-bond acceptors (Lipinski definition) is 5. The molecule has 8 nitrogen and oxygen atoms in total. The van der Waals surface area contributed by atoms with Crippen LogP contribution in [-0.4, -0.2) is 43.2 Å². The van der Waals surface area contributed by atoms with E-state index in [1.54, 1.807) is 0 Å². The van der Waals surface area contributed by atoms with E-state index < -0.39 is 18.0 Å². The smallest absolute Gasteiger partial charge is 0.358 e. The van der Waals surface area contributed by atoms with Gasteiger partial charge < -0.3 is 15.9 Å². The van der Waals surface area contributed by atoms with E-state index in [4.69, 9.17) is 15.9 Å². The maximum absolute atomic E-state index is 10.4. The zero-order valence-corrected chi connectivity index (χ0v) is 6.99. The number of nitrogens with zero attached hydrogens (tertiary/aromatic N) is 3. The van der Waals surface area contributed by atoms with Crippen molar-refractivity contribution in [2.24, 2.45) is 5.73 Å². The van der Waals surface area contributed by atoms with Crippen LogP contribution >= 0.6 is 0 Å². The lowest BCUT2D eigenvalue weighted by Gasteiger charge is -2.03. The van der Waals surface area contributed by atoms with Crippen molar-refractivity contribution in [3.63, 3.8) is 0 Å². The first-order valence-corrected chi connectivity index (χ1v) is 3.62. The summed E-state index contributed by atoms with van der Waals surface area (Å²) in [6, 6.07) is -1.13. The van der Waals surface area contributed by atoms with Crippen molar-refractivity contribution in [1.29, 1.82) is 0 Å². The first-order chi connectivity index (χ1) is 6.50. The summed E-state index contributed by atoms with van der Waals surface area (Å²) >= 11 is 0. The van der Waals surface area contributed by atoms with Gasteiger partial charge in [-0.3, -0.25) is 4.79 Å². The SMILES string of the molecule is N[C@@H](Cn1cc(C(=O)O)nn1)C(=O)O. The molecule has 0 aromatic carbocycles. The number of nitrogens with two attached hydrogens (primary N) is 1. The Morgan fingerprint density at radius 3 is 2.64 bits per heavy atom. The highest BCUT2D eigenvalue weighted by Crippen LogP contribution is 1.94. The van der Waals surface area contributed by atoms with E-state index in [9.17, 15) is 9.59 Å². The molecule has 8 heteroatoms. The minimum Gasteiger partial charge on any atom is -0.480 e. The van der Waals surface area contributed by atoms with E-state index in [1.807, 2.05) is 0 Å². The van der Waals surface area contributed by atoms with Crippen molar-refractivity contribution in [3.05, 3.63) is 11.9 Å². The number of aromatic carboxylic acids is 1. The number of carbonyl (C=O) groups is 2. The molecule has 1 heterocycles. The van der Waals surface area contributed by atoms with Crippen LogP contribution in [0.3, 0.4) is 0 Å². The average Bonchev–Trinajstić information content (AvgIpc) is 2.52. The molecule has 0 aliphatic carbocycles. The molecule has 4 N–H and O–H groups in total. The Kier molecular flexibility index (Phi) is 2.77. The van der Waals surface area contributed by atoms with Crippen LogP contribution in [0.25, 0.3) is 0 Å². The molecule has 0 saturated heterocycles. The van der Waals surface area contributed by atoms with Gasteiger partial charge >= 0.3 is 11.9 Å². The fraction of sp³-hybridized carbons (Fsp3) is 0.333. The summed E-state index contributed by atoms with van der Waals surface area (Å²) in [4.78, 5) is 20.7. The van der Waals surface area contributed by atoms with Gasteiger partial charge in [0, 0.05) is 0 Å². The molecule has 1 aromatic heterocycles. The zero-order chi connectivity index (χ0) is 10.7. The lowest BCUT2D eigenvalue weighted by Crippen LogP contribution is -2.34. The molecule has 0 spiro atoms. The van der Waals surface area contributed by atoms with E-state index in [2.05, 4.69) is 10.3 Å². The standard InChI is InChI=1S/C6H8N4O4/c7-3(5(11)12)1-10-2-4(6(13)14)8-9-10/h2-3H,1,7H2,(H,11,12)(H,13,14)/t3-/m0/s1. The second-order valence-electron chi connectivity index (χ2n) is 2.58. The summed E-state index contributed by atoms with van der Waals surface area (Å²) in [5, 5.41) is 23.6. The third-order valence-corrected chi connectivity index (χ3v) is 1.46. The molecule has 14 heavy (non-hydrogen) atoms. The fourth-order valence-electron chi connectivity index (χ4n) is 0.765. The first kappa shape index (κ1) is 10.1. The van der Waals surface area contributed by atoms with E-state index in [1.165, 1.54) is 0 Å². The second kappa shape index (κ2) is 3.83. The Bertz CT molecular complexity index is 360. The normalized spacial score (nSPS) is 12.4. The van der Waals surface area contributed by atoms with Gasteiger partial charge in [0.15, 0.2) is 5.69 Å². The van der Waals surface area contributed by atoms with Gasteiger partial charge in [-0.2, -0.15) is 0 Å². The van der Waals surface area contributed by atoms with Gasteiger partial charge in [-0.05, 0) is 0 Å². The number of carboxylic acids is 2. The van der Waals surface area contributed by atoms with E-state index in [0.717, 1.165) is 10.9 Å². The topological polar surface area (TPSA) is 131 Å². The van der Waals surface area contributed by atoms with Crippen LogP contribution in [0.2, 0.25) is 0 Å². The number of rotatable bonds is 4. The maximum atomic E-state index is 10.4. The molecule has 0 unspecified atom stereocenters. The van der Waals surface area contributed by atoms with Gasteiger partial charge in [0.2, 0.25) is 0 Å². The quantitative estimate of drug-likeness (QED) is 0.532. The molecule has 1 rings (SSSR count). The minimum absolute atomic E-state index is 0.115. The molecule has 0 radical (unpaired) electrons. The highest BCUT2D eigenvalue weighted by atomic mass is 16.4. The summed E-state index contributed by atoms with van der Waals surface area (Å²) in [6.45, 7) is -0.115. The first-order valence-electron chi connectivity index (χ1n) is 3.62. The largest absolute Gasteiger partial charge is 0.480 e. The molecule has 0 bridgehead atoms. The number of carboxylic acid groups (broad SMARTS) is 2. The van der Waals surface area contributed by atoms with Crippen molar-refractivity contribution < 1.29 is 19.8 Å². The zero-order valence-electron chi connectivity index (χ0n) is 6.99. The fourth-order valence-corrected chi connectivity index (χ4v) is 0.765. The number of hydrogen-bond donors (Lipinski definition) is 3. The van der Waals surface area contributed by atoms with Gasteiger partial charge in [0.25, 0.3) is 0 Å². The van der Waals surface area contributed by atoms with Crippen LogP contribution in [0.5, 0.6) is 0 Å². The Labute approximate surface area is 77.9 Å². The monoisotopic (exact) mass is 200 g/mol. The van der Waals surface area contributed by atoms with Crippen LogP contribution < -0.4 is 5.73 Å². The van der Waals surface area contributed by atoms with Gasteiger partial charge in [0.05, 0.1) is 12.7 Å². The highest BCUT2D eigenvalue weighted by Gasteiger charge is 2.14. The van der Waals surface area contributed by atoms with Gasteiger partial charge in [0.1, 0.15) is 6.04 Å². The third-order valence-electron chi connectivity index (χ3n) is 1.46. The molecule has 0 amide bonds. The molecule has 0 fully saturated rings. The summed E-state index contributed by atoms with van der Waals surface area (Å²) in [6.07, 6.45) is 1.12. The predicted octanol–water partition coefficient (Wildman–Crippen LogP) is -1.61. The van der Waals surface area contributed by atoms with Crippen LogP contribution in [0.15, 0.2) is 6.20 Å². The molecule has 0 aliphatic rings. The molecule has 0 saturated carbocycles. The van der Waals surface area contributed by atoms with Gasteiger partial charge in [-0.1, -0.05) is 5.21 Å². The lowest BCUT2D eigenvalue weighted by atomic mass is 10.3. The average molecular weight is 200 g/mol. The second-order valence-corrected chi connectivity index (χ2v) is 2.58. The van der Waals surface area contributed by atoms with Crippen LogP contribution in [0.1, 0.15) is 10.5 Å². The van der Waals surface area contributed by atoms with Crippen molar-refractivity contribution in [2.75, 3.05) is 0 Å². The summed E-state index contributed by atoms with van der Waals surface area (Å²) < 4.78 is 1.07. The van der Waals surface area contributed by atoms with Gasteiger partial charge in [-0.25, -0.2) is 9.48 Å². The minimum atomic E-state index is -1.22. The molecular formula is C6H8N4O4. The van der Waals surface area contributed by atoms with Crippen molar-refractivity contribution in [2.45, 2.75) is 12.6 Å². The van der Waals surface area contributed by atoms with Gasteiger partial charge in [-0.15, -0.1) is 5.10 Å². The number of aromatic nitrogens is 3. The lowest BCUT2D eigenvalue weighted by molar-refractivity contribution is -0.138. The summed E-state index contributed by atoms with van der Waals surface area (Å²) in [5.41, 5.74) is 4.95. The Morgan fingerprint density at radius 1 is 1.57 bits per heavy atom. The van der Waals surface area contributed by atoms with Crippen LogP contribution in [0.4, 0.5) is 0 Å². The molecule has 1 atom stereocenters. The Balaban J connectivity index is 2.69. The van der Waals surface area contributed by atoms with E-state index >= 15 is 0 Å². The van der Waals surface area contributed by atoms with E-state index in [0.29, 0.717) is 0 Å². The van der Waals surface area contributed by atoms with Crippen molar-refractivity contribution >= 4 is 11.9 Å². The summed E-state index contributed by atoms with van der Waals surface area (Å²) in [7, 11) is 0. The van der Waals surface area contributed by atoms with Crippen LogP contribution in [-0.2, 0) is 11.3 Å². The van der Waals surface area contributed by atoms with E-state index in [-0.39, 0.29) is 12.2 Å². The number of aliphatic carboxylic acids is 1. The van der Waals surface area contributed by atoms with Crippen LogP contribution in [0, 0.1) is 0 Å². The molecular weight excluding hydrogens is 192 g/mol. The maximum Gasteiger partial charge on any atom is 0.358 e. The molecule has 0 aliphatic heterocycles. The highest BCUT2D eigenvalue weighted by molar-refractivity contribution is 5.84. The van der Waals surface area contributed by atoms with Crippen molar-refractivity contribution in [1.82, 2.24) is 15.0 Å². The Hall–Kier alpha value is -1.96. The van der Waals surface area contributed by atoms with Crippen molar-refractivity contribution in [3.8, 4) is 0 Å². The molecule has 76 valence electrons. The summed E-state index contributed by atoms with van der Waals surface area (Å²) in [5.74, 6) is -2.41.